The van der Waals surface area contributed by atoms with Gasteiger partial charge in [-0.3, -0.25) is 0 Å². The van der Waals surface area contributed by atoms with Crippen LogP contribution in [0.2, 0.25) is 0 Å². The largest absolute Gasteiger partial charge is 0.357 e. The Kier molecular flexibility index (Phi) is 8.68. The van der Waals surface area contributed by atoms with Gasteiger partial charge in [-0.1, -0.05) is 155 Å². The Morgan fingerprint density at radius 1 is 0.647 bits per heavy atom. The van der Waals surface area contributed by atoms with Crippen molar-refractivity contribution in [3.8, 4) is 39.5 Å². The normalized spacial score (nSPS) is 22.9. The van der Waals surface area contributed by atoms with Crippen LogP contribution in [0.4, 0.5) is 5.69 Å². The molecular weight excluding hydrogens is 825 g/mol. The van der Waals surface area contributed by atoms with Gasteiger partial charge in [0.1, 0.15) is 0 Å². The van der Waals surface area contributed by atoms with E-state index in [1.165, 1.54) is 78.9 Å². The Labute approximate surface area is 400 Å². The van der Waals surface area contributed by atoms with E-state index in [1.807, 2.05) is 0 Å². The zero-order valence-electron chi connectivity index (χ0n) is 39.5. The number of fused-ring (bicyclic) bond motifs is 11. The van der Waals surface area contributed by atoms with E-state index in [0.717, 1.165) is 60.4 Å². The Morgan fingerprint density at radius 2 is 1.44 bits per heavy atom. The van der Waals surface area contributed by atoms with Crippen LogP contribution in [-0.2, 0) is 17.3 Å². The van der Waals surface area contributed by atoms with Gasteiger partial charge in [0.25, 0.3) is 0 Å². The summed E-state index contributed by atoms with van der Waals surface area (Å²) in [6.45, 7) is 9.73. The topological polar surface area (TPSA) is 34.0 Å². The summed E-state index contributed by atoms with van der Waals surface area (Å²) in [7, 11) is 0. The molecule has 0 bridgehead atoms. The fourth-order valence-electron chi connectivity index (χ4n) is 13.7. The lowest BCUT2D eigenvalue weighted by atomic mass is 9.75. The predicted octanol–water partition coefficient (Wildman–Crippen LogP) is 15.2. The molecule has 14 rings (SSSR count). The van der Waals surface area contributed by atoms with Crippen LogP contribution in [0, 0.1) is 5.92 Å². The van der Waals surface area contributed by atoms with Gasteiger partial charge in [0, 0.05) is 56.2 Å². The summed E-state index contributed by atoms with van der Waals surface area (Å²) in [6.07, 6.45) is 27.6. The molecule has 1 saturated heterocycles. The van der Waals surface area contributed by atoms with Crippen LogP contribution in [0.25, 0.3) is 62.0 Å². The Bertz CT molecular complexity index is 3490. The molecule has 0 spiro atoms. The van der Waals surface area contributed by atoms with Crippen molar-refractivity contribution in [1.29, 1.82) is 0 Å². The number of allylic oxidation sites excluding steroid dienone is 8. The van der Waals surface area contributed by atoms with Gasteiger partial charge in [-0.25, -0.2) is 9.97 Å². The summed E-state index contributed by atoms with van der Waals surface area (Å²) >= 11 is 0. The molecule has 6 aliphatic carbocycles. The molecule has 1 aliphatic heterocycles. The number of hydrogen-bond donors (Lipinski definition) is 0. The van der Waals surface area contributed by atoms with Crippen molar-refractivity contribution >= 4 is 28.2 Å². The minimum absolute atomic E-state index is 0.0344. The van der Waals surface area contributed by atoms with Gasteiger partial charge in [0.15, 0.2) is 5.82 Å². The third-order valence-electron chi connectivity index (χ3n) is 17.1. The summed E-state index contributed by atoms with van der Waals surface area (Å²) in [6, 6.07) is 44.2. The Balaban J connectivity index is 1.02. The Morgan fingerprint density at radius 3 is 2.28 bits per heavy atom. The maximum absolute atomic E-state index is 5.52. The molecule has 0 N–H and O–H groups in total. The smallest absolute Gasteiger partial charge is 0.160 e. The lowest BCUT2D eigenvalue weighted by molar-refractivity contribution is 0.528. The standard InChI is InChI=1S/C64H56N4/c1-63(2)52-27-15-11-23-44(52)48-34-50-46-25-13-17-29-58(46)67(60(50)36-54(48)63)42-31-41(57-38-56(39-19-7-5-8-20-39)65-62(66-57)40-21-9-6-10-22-40)32-43(33-42)68-59-30-18-14-26-47(59)51-35-49-45-24-12-16-28-53(45)64(3,4)55(49)37-61(51)68/h5-12,15-19,21-24,27-36,38-39,47,59,61H,13-14,20,25-26,37H2,1-4H3. The van der Waals surface area contributed by atoms with Crippen molar-refractivity contribution in [3.63, 3.8) is 0 Å². The van der Waals surface area contributed by atoms with Gasteiger partial charge in [-0.2, -0.15) is 0 Å². The van der Waals surface area contributed by atoms with Crippen LogP contribution in [-0.4, -0.2) is 26.6 Å². The molecule has 5 aromatic carbocycles. The van der Waals surface area contributed by atoms with Crippen LogP contribution in [0.1, 0.15) is 105 Å². The van der Waals surface area contributed by atoms with Crippen LogP contribution in [0.5, 0.6) is 0 Å². The van der Waals surface area contributed by atoms with Crippen molar-refractivity contribution in [2.45, 2.75) is 95.1 Å². The maximum atomic E-state index is 5.52. The SMILES string of the molecule is CC1(C)C2=C(C=C3C4CCC=CC4N(c4cc(-c5cc(C6C=CC=CC6)nc(-c6ccccc6)n5)cc(-n5c6c(c7cc8c(cc75)C(C)(C)c5ccccc5-8)CCC=C6)c4)C3C2)c2ccccc21. The quantitative estimate of drug-likeness (QED) is 0.162. The molecule has 1 fully saturated rings. The van der Waals surface area contributed by atoms with Crippen LogP contribution >= 0.6 is 0 Å². The van der Waals surface area contributed by atoms with Crippen molar-refractivity contribution in [2.75, 3.05) is 4.90 Å². The number of hydrogen-bond acceptors (Lipinski definition) is 3. The summed E-state index contributed by atoms with van der Waals surface area (Å²) in [4.78, 5) is 13.7. The average Bonchev–Trinajstić information content (AvgIpc) is 4.04. The molecule has 4 nitrogen and oxygen atoms in total. The van der Waals surface area contributed by atoms with E-state index in [9.17, 15) is 0 Å². The maximum Gasteiger partial charge on any atom is 0.160 e. The summed E-state index contributed by atoms with van der Waals surface area (Å²) < 4.78 is 2.61. The first-order valence-corrected chi connectivity index (χ1v) is 25.1. The molecule has 0 radical (unpaired) electrons. The number of anilines is 1. The van der Waals surface area contributed by atoms with Crippen LogP contribution in [0.15, 0.2) is 175 Å². The molecular formula is C64H56N4. The number of aromatic nitrogens is 3. The molecule has 2 aromatic heterocycles. The molecule has 332 valence electrons. The number of aryl methyl sites for hydroxylation is 1. The zero-order valence-corrected chi connectivity index (χ0v) is 39.5. The molecule has 3 heterocycles. The first kappa shape index (κ1) is 40.1. The second kappa shape index (κ2) is 14.7. The molecule has 4 unspecified atom stereocenters. The van der Waals surface area contributed by atoms with Gasteiger partial charge in [0.05, 0.1) is 29.0 Å². The van der Waals surface area contributed by atoms with Crippen molar-refractivity contribution in [1.82, 2.24) is 14.5 Å². The first-order chi connectivity index (χ1) is 33.2. The first-order valence-electron chi connectivity index (χ1n) is 25.1. The van der Waals surface area contributed by atoms with E-state index >= 15 is 0 Å². The van der Waals surface area contributed by atoms with E-state index in [-0.39, 0.29) is 28.8 Å². The van der Waals surface area contributed by atoms with Crippen LogP contribution in [0.3, 0.4) is 0 Å². The monoisotopic (exact) mass is 880 g/mol. The highest BCUT2D eigenvalue weighted by Crippen LogP contribution is 2.57. The number of rotatable bonds is 5. The minimum Gasteiger partial charge on any atom is -0.357 e. The van der Waals surface area contributed by atoms with Gasteiger partial charge in [0.2, 0.25) is 0 Å². The highest BCUT2D eigenvalue weighted by molar-refractivity contribution is 5.98. The molecule has 7 aromatic rings. The summed E-state index contributed by atoms with van der Waals surface area (Å²) in [5.41, 5.74) is 23.6. The number of nitrogens with zero attached hydrogens (tertiary/aromatic N) is 4. The highest BCUT2D eigenvalue weighted by atomic mass is 15.2. The van der Waals surface area contributed by atoms with Gasteiger partial charge in [-0.05, 0) is 137 Å². The van der Waals surface area contributed by atoms with E-state index in [2.05, 4.69) is 207 Å². The molecule has 7 aliphatic rings. The van der Waals surface area contributed by atoms with E-state index in [4.69, 9.17) is 9.97 Å². The predicted molar refractivity (Wildman–Crippen MR) is 281 cm³/mol. The van der Waals surface area contributed by atoms with Crippen molar-refractivity contribution in [3.05, 3.63) is 214 Å². The van der Waals surface area contributed by atoms with E-state index in [0.29, 0.717) is 5.92 Å². The van der Waals surface area contributed by atoms with Gasteiger partial charge < -0.3 is 9.47 Å². The van der Waals surface area contributed by atoms with E-state index < -0.39 is 0 Å². The van der Waals surface area contributed by atoms with E-state index in [1.54, 1.807) is 11.1 Å². The third kappa shape index (κ3) is 5.79. The molecule has 0 saturated carbocycles. The van der Waals surface area contributed by atoms with Gasteiger partial charge >= 0.3 is 0 Å². The summed E-state index contributed by atoms with van der Waals surface area (Å²) in [5, 5.41) is 1.37. The molecule has 68 heavy (non-hydrogen) atoms. The fourth-order valence-corrected chi connectivity index (χ4v) is 13.7. The molecule has 4 heteroatoms. The lowest BCUT2D eigenvalue weighted by Crippen LogP contribution is -2.39. The van der Waals surface area contributed by atoms with Crippen LogP contribution < -0.4 is 4.90 Å². The lowest BCUT2D eigenvalue weighted by Gasteiger charge is -2.36. The number of benzene rings is 5. The van der Waals surface area contributed by atoms with Gasteiger partial charge in [-0.15, -0.1) is 0 Å². The molecule has 4 atom stereocenters. The minimum atomic E-state index is -0.116. The van der Waals surface area contributed by atoms with Crippen molar-refractivity contribution in [2.24, 2.45) is 5.92 Å². The zero-order chi connectivity index (χ0) is 45.5. The second-order valence-corrected chi connectivity index (χ2v) is 21.4. The average molecular weight is 881 g/mol. The molecule has 0 amide bonds. The fraction of sp³-hybridized carbons (Fsp3) is 0.250. The highest BCUT2D eigenvalue weighted by Gasteiger charge is 2.50. The summed E-state index contributed by atoms with van der Waals surface area (Å²) in [5.74, 6) is 1.40. The second-order valence-electron chi connectivity index (χ2n) is 21.4. The van der Waals surface area contributed by atoms with Crippen molar-refractivity contribution < 1.29 is 0 Å². The third-order valence-corrected chi connectivity index (χ3v) is 17.1. The Hall–Kier alpha value is -7.04.